The Labute approximate surface area is 113 Å². The van der Waals surface area contributed by atoms with E-state index in [9.17, 15) is 4.79 Å². The summed E-state index contributed by atoms with van der Waals surface area (Å²) in [5.41, 5.74) is 0.899. The van der Waals surface area contributed by atoms with Crippen LogP contribution in [0.15, 0.2) is 30.1 Å². The fraction of sp³-hybridized carbons (Fsp3) is 0.400. The second kappa shape index (κ2) is 6.69. The number of nitriles is 1. The van der Waals surface area contributed by atoms with Crippen LogP contribution in [0.1, 0.15) is 37.7 Å². The number of hydrogen-bond donors (Lipinski definition) is 1. The molecule has 19 heavy (non-hydrogen) atoms. The van der Waals surface area contributed by atoms with Gasteiger partial charge in [0, 0.05) is 18.4 Å². The van der Waals surface area contributed by atoms with Crippen LogP contribution in [0.3, 0.4) is 0 Å². The maximum absolute atomic E-state index is 12.0. The van der Waals surface area contributed by atoms with Crippen LogP contribution in [-0.2, 0) is 4.79 Å². The summed E-state index contributed by atoms with van der Waals surface area (Å²) in [6.07, 6.45) is 10.4. The standard InChI is InChI=1S/C15H17N3O/c16-10-13(9-12-5-4-8-17-11-12)15(19)18-14-6-2-1-3-7-14/h4-5,8-9,11,14H,1-3,6-7H2,(H,18,19)/b13-9+. The predicted octanol–water partition coefficient (Wildman–Crippen LogP) is 2.44. The number of pyridine rings is 1. The Morgan fingerprint density at radius 2 is 2.21 bits per heavy atom. The van der Waals surface area contributed by atoms with E-state index in [1.165, 1.54) is 6.42 Å². The van der Waals surface area contributed by atoms with Crippen molar-refractivity contribution >= 4 is 12.0 Å². The maximum Gasteiger partial charge on any atom is 0.262 e. The van der Waals surface area contributed by atoms with Gasteiger partial charge in [0.15, 0.2) is 0 Å². The van der Waals surface area contributed by atoms with Gasteiger partial charge in [-0.3, -0.25) is 9.78 Å². The van der Waals surface area contributed by atoms with Crippen LogP contribution in [0.5, 0.6) is 0 Å². The Hall–Kier alpha value is -2.15. The van der Waals surface area contributed by atoms with Crippen molar-refractivity contribution in [1.82, 2.24) is 10.3 Å². The van der Waals surface area contributed by atoms with E-state index in [2.05, 4.69) is 10.3 Å². The lowest BCUT2D eigenvalue weighted by atomic mass is 9.95. The Balaban J connectivity index is 2.03. The summed E-state index contributed by atoms with van der Waals surface area (Å²) >= 11 is 0. The first-order valence-electron chi connectivity index (χ1n) is 6.62. The number of carbonyl (C=O) groups is 1. The molecule has 1 saturated carbocycles. The molecule has 2 rings (SSSR count). The van der Waals surface area contributed by atoms with Crippen LogP contribution in [0.2, 0.25) is 0 Å². The van der Waals surface area contributed by atoms with E-state index >= 15 is 0 Å². The second-order valence-electron chi connectivity index (χ2n) is 4.76. The lowest BCUT2D eigenvalue weighted by molar-refractivity contribution is -0.117. The van der Waals surface area contributed by atoms with E-state index in [4.69, 9.17) is 5.26 Å². The lowest BCUT2D eigenvalue weighted by Gasteiger charge is -2.22. The molecule has 0 aliphatic heterocycles. The third kappa shape index (κ3) is 3.92. The van der Waals surface area contributed by atoms with Gasteiger partial charge in [-0.1, -0.05) is 25.3 Å². The molecule has 0 aromatic carbocycles. The Morgan fingerprint density at radius 3 is 2.84 bits per heavy atom. The van der Waals surface area contributed by atoms with Gasteiger partial charge in [-0.25, -0.2) is 0 Å². The number of aromatic nitrogens is 1. The summed E-state index contributed by atoms with van der Waals surface area (Å²) in [7, 11) is 0. The number of rotatable bonds is 3. The van der Waals surface area contributed by atoms with Gasteiger partial charge in [-0.05, 0) is 30.5 Å². The third-order valence-electron chi connectivity index (χ3n) is 3.30. The molecule has 0 spiro atoms. The molecule has 1 fully saturated rings. The van der Waals surface area contributed by atoms with Crippen molar-refractivity contribution in [1.29, 1.82) is 5.26 Å². The average Bonchev–Trinajstić information content (AvgIpc) is 2.47. The van der Waals surface area contributed by atoms with Crippen molar-refractivity contribution < 1.29 is 4.79 Å². The topological polar surface area (TPSA) is 65.8 Å². The van der Waals surface area contributed by atoms with Crippen LogP contribution in [0.4, 0.5) is 0 Å². The van der Waals surface area contributed by atoms with Gasteiger partial charge in [0.1, 0.15) is 11.6 Å². The van der Waals surface area contributed by atoms with Crippen LogP contribution in [0, 0.1) is 11.3 Å². The largest absolute Gasteiger partial charge is 0.349 e. The molecule has 1 heterocycles. The third-order valence-corrected chi connectivity index (χ3v) is 3.30. The number of nitrogens with zero attached hydrogens (tertiary/aromatic N) is 2. The quantitative estimate of drug-likeness (QED) is 0.666. The molecule has 1 amide bonds. The summed E-state index contributed by atoms with van der Waals surface area (Å²) in [4.78, 5) is 16.0. The van der Waals surface area contributed by atoms with Crippen molar-refractivity contribution in [2.24, 2.45) is 0 Å². The molecule has 0 radical (unpaired) electrons. The van der Waals surface area contributed by atoms with Crippen molar-refractivity contribution in [2.75, 3.05) is 0 Å². The Kier molecular flexibility index (Phi) is 4.68. The Bertz CT molecular complexity index is 496. The van der Waals surface area contributed by atoms with E-state index in [1.54, 1.807) is 24.5 Å². The molecule has 1 aliphatic carbocycles. The smallest absolute Gasteiger partial charge is 0.262 e. The highest BCUT2D eigenvalue weighted by Crippen LogP contribution is 2.18. The SMILES string of the molecule is N#C/C(=C\c1cccnc1)C(=O)NC1CCCCC1. The normalized spacial score (nSPS) is 16.7. The summed E-state index contributed by atoms with van der Waals surface area (Å²) in [6.45, 7) is 0. The molecule has 1 aromatic heterocycles. The number of nitrogens with one attached hydrogen (secondary N) is 1. The fourth-order valence-electron chi connectivity index (χ4n) is 2.29. The minimum absolute atomic E-state index is 0.138. The molecular formula is C15H17N3O. The number of hydrogen-bond acceptors (Lipinski definition) is 3. The van der Waals surface area contributed by atoms with Gasteiger partial charge in [-0.2, -0.15) is 5.26 Å². The van der Waals surface area contributed by atoms with Gasteiger partial charge in [0.25, 0.3) is 5.91 Å². The van der Waals surface area contributed by atoms with E-state index in [0.717, 1.165) is 31.2 Å². The first-order chi connectivity index (χ1) is 9.29. The van der Waals surface area contributed by atoms with Crippen molar-refractivity contribution in [2.45, 2.75) is 38.1 Å². The molecule has 1 aliphatic rings. The summed E-state index contributed by atoms with van der Waals surface area (Å²) in [5.74, 6) is -0.279. The second-order valence-corrected chi connectivity index (χ2v) is 4.76. The molecule has 4 heteroatoms. The highest BCUT2D eigenvalue weighted by molar-refractivity contribution is 6.01. The van der Waals surface area contributed by atoms with Crippen LogP contribution in [0.25, 0.3) is 6.08 Å². The van der Waals surface area contributed by atoms with Crippen molar-refractivity contribution in [3.8, 4) is 6.07 Å². The predicted molar refractivity (Wildman–Crippen MR) is 72.8 cm³/mol. The molecular weight excluding hydrogens is 238 g/mol. The van der Waals surface area contributed by atoms with Gasteiger partial charge >= 0.3 is 0 Å². The number of amides is 1. The average molecular weight is 255 g/mol. The van der Waals surface area contributed by atoms with E-state index in [0.29, 0.717) is 0 Å². The molecule has 0 saturated heterocycles. The molecule has 0 unspecified atom stereocenters. The van der Waals surface area contributed by atoms with Crippen molar-refractivity contribution in [3.63, 3.8) is 0 Å². The molecule has 0 atom stereocenters. The van der Waals surface area contributed by atoms with Crippen LogP contribution < -0.4 is 5.32 Å². The van der Waals surface area contributed by atoms with Crippen LogP contribution in [-0.4, -0.2) is 16.9 Å². The van der Waals surface area contributed by atoms with E-state index < -0.39 is 0 Å². The zero-order valence-electron chi connectivity index (χ0n) is 10.8. The Morgan fingerprint density at radius 1 is 1.42 bits per heavy atom. The summed E-state index contributed by atoms with van der Waals surface area (Å²) in [6, 6.07) is 5.77. The van der Waals surface area contributed by atoms with Crippen LogP contribution >= 0.6 is 0 Å². The zero-order valence-corrected chi connectivity index (χ0v) is 10.8. The summed E-state index contributed by atoms with van der Waals surface area (Å²) < 4.78 is 0. The van der Waals surface area contributed by atoms with Gasteiger partial charge < -0.3 is 5.32 Å². The highest BCUT2D eigenvalue weighted by Gasteiger charge is 2.17. The van der Waals surface area contributed by atoms with E-state index in [1.807, 2.05) is 12.1 Å². The molecule has 4 nitrogen and oxygen atoms in total. The highest BCUT2D eigenvalue weighted by atomic mass is 16.1. The molecule has 1 aromatic rings. The van der Waals surface area contributed by atoms with Gasteiger partial charge in [0.05, 0.1) is 0 Å². The maximum atomic E-state index is 12.0. The zero-order chi connectivity index (χ0) is 13.5. The van der Waals surface area contributed by atoms with E-state index in [-0.39, 0.29) is 17.5 Å². The van der Waals surface area contributed by atoms with Crippen molar-refractivity contribution in [3.05, 3.63) is 35.7 Å². The summed E-state index contributed by atoms with van der Waals surface area (Å²) in [5, 5.41) is 12.0. The lowest BCUT2D eigenvalue weighted by Crippen LogP contribution is -2.36. The molecule has 0 bridgehead atoms. The molecule has 98 valence electrons. The first-order valence-corrected chi connectivity index (χ1v) is 6.62. The fourth-order valence-corrected chi connectivity index (χ4v) is 2.29. The molecule has 1 N–H and O–H groups in total. The first kappa shape index (κ1) is 13.3. The monoisotopic (exact) mass is 255 g/mol. The minimum Gasteiger partial charge on any atom is -0.349 e. The number of carbonyl (C=O) groups excluding carboxylic acids is 1. The minimum atomic E-state index is -0.279. The van der Waals surface area contributed by atoms with Gasteiger partial charge in [0.2, 0.25) is 0 Å². The van der Waals surface area contributed by atoms with Gasteiger partial charge in [-0.15, -0.1) is 0 Å².